The Kier molecular flexibility index (Phi) is 7.65. The fourth-order valence-electron chi connectivity index (χ4n) is 5.17. The largest absolute Gasteiger partial charge is 0.470 e. The molecule has 2 aliphatic rings. The molecule has 0 spiro atoms. The minimum absolute atomic E-state index is 0.000300. The van der Waals surface area contributed by atoms with Crippen LogP contribution in [0.25, 0.3) is 11.1 Å². The Morgan fingerprint density at radius 3 is 2.58 bits per heavy atom. The molecule has 40 heavy (non-hydrogen) atoms. The summed E-state index contributed by atoms with van der Waals surface area (Å²) in [6.45, 7) is 2.09. The van der Waals surface area contributed by atoms with Crippen LogP contribution in [-0.2, 0) is 20.6 Å². The van der Waals surface area contributed by atoms with Crippen molar-refractivity contribution in [3.05, 3.63) is 103 Å². The Hall–Kier alpha value is -3.40. The van der Waals surface area contributed by atoms with Gasteiger partial charge in [-0.05, 0) is 55.3 Å². The quantitative estimate of drug-likeness (QED) is 0.289. The molecular weight excluding hydrogens is 574 g/mol. The molecule has 0 saturated heterocycles. The molecule has 1 aliphatic carbocycles. The van der Waals surface area contributed by atoms with Crippen molar-refractivity contribution in [2.45, 2.75) is 37.0 Å². The number of aromatic amines is 1. The van der Waals surface area contributed by atoms with Crippen LogP contribution >= 0.6 is 23.2 Å². The van der Waals surface area contributed by atoms with Gasteiger partial charge in [0, 0.05) is 75.9 Å². The van der Waals surface area contributed by atoms with Crippen LogP contribution in [0, 0.1) is 5.82 Å². The summed E-state index contributed by atoms with van der Waals surface area (Å²) in [4.78, 5) is 33.8. The smallest absolute Gasteiger partial charge is 0.400 e. The van der Waals surface area contributed by atoms with Crippen molar-refractivity contribution < 1.29 is 13.4 Å². The average molecular weight is 601 g/mol. The van der Waals surface area contributed by atoms with E-state index in [0.717, 1.165) is 35.6 Å². The Morgan fingerprint density at radius 1 is 1.20 bits per heavy atom. The summed E-state index contributed by atoms with van der Waals surface area (Å²) >= 11 is 13.6. The van der Waals surface area contributed by atoms with E-state index in [0.29, 0.717) is 46.6 Å². The van der Waals surface area contributed by atoms with Crippen LogP contribution in [0.3, 0.4) is 0 Å². The minimum atomic E-state index is -0.635. The lowest BCUT2D eigenvalue weighted by Crippen LogP contribution is -2.46. The number of nitrogens with two attached hydrogens (primary N) is 1. The molecule has 1 aliphatic heterocycles. The fourth-order valence-corrected chi connectivity index (χ4v) is 6.19. The van der Waals surface area contributed by atoms with Crippen molar-refractivity contribution in [2.24, 2.45) is 10.7 Å². The summed E-state index contributed by atoms with van der Waals surface area (Å²) < 4.78 is 26.0. The zero-order chi connectivity index (χ0) is 28.8. The third-order valence-electron chi connectivity index (χ3n) is 7.56. The van der Waals surface area contributed by atoms with Gasteiger partial charge in [0.05, 0.1) is 22.3 Å². The number of rotatable bonds is 6. The lowest BCUT2D eigenvalue weighted by Gasteiger charge is -2.36. The standard InChI is InChI=1S/C29H25Cl2FN4O3S/c1-15-26(33)21(27(34-2)17-9-18(11-19(30)10-17)29(40-39)6-7-29)5-8-36(15)28(38)23-13-20(32)12-22(25(23)31)16-3-4-24(37)35-14-16/h3-4,9-15H,5-8H2,1-2H3,(H2-,33,34,35,37)/p+1/t15-/m1/s1. The molecule has 0 bridgehead atoms. The Labute approximate surface area is 244 Å². The average Bonchev–Trinajstić information content (AvgIpc) is 3.74. The van der Waals surface area contributed by atoms with Crippen molar-refractivity contribution in [1.29, 1.82) is 0 Å². The summed E-state index contributed by atoms with van der Waals surface area (Å²) in [6, 6.07) is 10.2. The number of aliphatic imine (C=N–C) groups is 1. The first-order valence-electron chi connectivity index (χ1n) is 12.7. The second-order valence-electron chi connectivity index (χ2n) is 9.99. The predicted octanol–water partition coefficient (Wildman–Crippen LogP) is 5.47. The molecule has 11 heteroatoms. The summed E-state index contributed by atoms with van der Waals surface area (Å²) in [5.41, 5.74) is 10.6. The molecule has 1 saturated carbocycles. The number of nitrogens with one attached hydrogen (secondary N) is 1. The van der Waals surface area contributed by atoms with Gasteiger partial charge in [-0.3, -0.25) is 14.6 Å². The number of benzene rings is 2. The summed E-state index contributed by atoms with van der Waals surface area (Å²) in [5.74, 6) is -1.10. The maximum atomic E-state index is 14.7. The van der Waals surface area contributed by atoms with Gasteiger partial charge in [0.1, 0.15) is 5.82 Å². The molecule has 2 aromatic carbocycles. The molecule has 5 rings (SSSR count). The van der Waals surface area contributed by atoms with Crippen LogP contribution in [0.5, 0.6) is 0 Å². The van der Waals surface area contributed by atoms with Crippen LogP contribution in [0.1, 0.15) is 47.7 Å². The van der Waals surface area contributed by atoms with Crippen molar-refractivity contribution in [1.82, 2.24) is 9.88 Å². The topological polar surface area (TPSA) is 109 Å². The fraction of sp³-hybridized carbons (Fsp3) is 0.276. The number of aromatic nitrogens is 1. The van der Waals surface area contributed by atoms with Crippen LogP contribution in [0.15, 0.2) is 69.7 Å². The molecule has 206 valence electrons. The van der Waals surface area contributed by atoms with Crippen LogP contribution in [-0.4, -0.2) is 41.1 Å². The third kappa shape index (κ3) is 5.09. The number of amides is 1. The molecule has 1 amide bonds. The van der Waals surface area contributed by atoms with E-state index in [1.807, 2.05) is 12.1 Å². The highest BCUT2D eigenvalue weighted by atomic mass is 35.5. The Bertz CT molecular complexity index is 1640. The van der Waals surface area contributed by atoms with E-state index in [9.17, 15) is 18.2 Å². The Balaban J connectivity index is 1.47. The number of hydrogen-bond acceptors (Lipinski definition) is 5. The van der Waals surface area contributed by atoms with Gasteiger partial charge in [0.25, 0.3) is 10.7 Å². The number of nitrogens with zero attached hydrogens (tertiary/aromatic N) is 2. The van der Waals surface area contributed by atoms with Crippen molar-refractivity contribution >= 4 is 46.5 Å². The monoisotopic (exact) mass is 599 g/mol. The van der Waals surface area contributed by atoms with E-state index >= 15 is 0 Å². The second kappa shape index (κ2) is 10.9. The first kappa shape index (κ1) is 28.1. The number of carbonyl (C=O) groups is 1. The maximum Gasteiger partial charge on any atom is 0.470 e. The number of carbonyl (C=O) groups excluding carboxylic acids is 1. The summed E-state index contributed by atoms with van der Waals surface area (Å²) in [5, 5.41) is 0.583. The van der Waals surface area contributed by atoms with Crippen molar-refractivity contribution in [3.8, 4) is 11.1 Å². The van der Waals surface area contributed by atoms with Crippen LogP contribution < -0.4 is 11.3 Å². The zero-order valence-electron chi connectivity index (χ0n) is 21.8. The van der Waals surface area contributed by atoms with E-state index < -0.39 is 22.5 Å². The summed E-state index contributed by atoms with van der Waals surface area (Å²) in [6.07, 6.45) is 3.41. The number of halogens is 3. The zero-order valence-corrected chi connectivity index (χ0v) is 24.1. The number of hydrogen-bond donors (Lipinski definition) is 2. The molecule has 0 radical (unpaired) electrons. The van der Waals surface area contributed by atoms with E-state index in [-0.39, 0.29) is 21.7 Å². The molecular formula is C29H26Cl2FN4O3S+. The van der Waals surface area contributed by atoms with Crippen LogP contribution in [0.2, 0.25) is 10.0 Å². The third-order valence-corrected chi connectivity index (χ3v) is 9.15. The molecule has 2 heterocycles. The normalized spacial score (nSPS) is 18.6. The van der Waals surface area contributed by atoms with Crippen LogP contribution in [0.4, 0.5) is 4.39 Å². The van der Waals surface area contributed by atoms with Gasteiger partial charge in [-0.1, -0.05) is 23.2 Å². The predicted molar refractivity (Wildman–Crippen MR) is 157 cm³/mol. The number of H-pyrrole nitrogens is 1. The van der Waals surface area contributed by atoms with E-state index in [2.05, 4.69) is 9.98 Å². The lowest BCUT2D eigenvalue weighted by molar-refractivity contribution is 0.0706. The van der Waals surface area contributed by atoms with Gasteiger partial charge in [0.2, 0.25) is 5.56 Å². The maximum absolute atomic E-state index is 14.7. The van der Waals surface area contributed by atoms with Gasteiger partial charge in [0.15, 0.2) is 0 Å². The highest BCUT2D eigenvalue weighted by molar-refractivity contribution is 7.67. The van der Waals surface area contributed by atoms with Gasteiger partial charge < -0.3 is 15.6 Å². The van der Waals surface area contributed by atoms with E-state index in [1.54, 1.807) is 24.9 Å². The SMILES string of the molecule is CN=C(C1=C(N)[C@@H](C)N(C(=O)c2cc(F)cc(-c3ccc(=O)[nH]c3)c2Cl)CC1)c1cc(Cl)cc(C2([S+]=O)CC2)c1. The minimum Gasteiger partial charge on any atom is -0.400 e. The van der Waals surface area contributed by atoms with Gasteiger partial charge >= 0.3 is 11.7 Å². The van der Waals surface area contributed by atoms with Gasteiger partial charge in [-0.2, -0.15) is 0 Å². The second-order valence-corrected chi connectivity index (χ2v) is 11.8. The highest BCUT2D eigenvalue weighted by Gasteiger charge is 2.59. The molecule has 0 unspecified atom stereocenters. The van der Waals surface area contributed by atoms with Crippen molar-refractivity contribution in [3.63, 3.8) is 0 Å². The molecule has 1 fully saturated rings. The molecule has 3 aromatic rings. The number of pyridine rings is 1. The molecule has 7 nitrogen and oxygen atoms in total. The van der Waals surface area contributed by atoms with Crippen molar-refractivity contribution in [2.75, 3.05) is 13.6 Å². The molecule has 1 aromatic heterocycles. The lowest BCUT2D eigenvalue weighted by atomic mass is 9.90. The Morgan fingerprint density at radius 2 is 1.95 bits per heavy atom. The van der Waals surface area contributed by atoms with Gasteiger partial charge in [-0.25, -0.2) is 4.39 Å². The highest BCUT2D eigenvalue weighted by Crippen LogP contribution is 2.48. The molecule has 3 N–H and O–H groups in total. The molecule has 1 atom stereocenters. The van der Waals surface area contributed by atoms with Gasteiger partial charge in [-0.15, -0.1) is 0 Å². The van der Waals surface area contributed by atoms with E-state index in [1.165, 1.54) is 24.4 Å². The summed E-state index contributed by atoms with van der Waals surface area (Å²) in [7, 11) is 1.67. The first-order chi connectivity index (χ1) is 19.1. The first-order valence-corrected chi connectivity index (χ1v) is 14.2. The van der Waals surface area contributed by atoms with E-state index in [4.69, 9.17) is 28.9 Å².